The number of hydrogen-bond donors (Lipinski definition) is 0. The van der Waals surface area contributed by atoms with Crippen LogP contribution in [0, 0.1) is 10.1 Å². The van der Waals surface area contributed by atoms with Crippen LogP contribution in [-0.2, 0) is 4.74 Å². The highest BCUT2D eigenvalue weighted by molar-refractivity contribution is 5.88. The van der Waals surface area contributed by atoms with Crippen LogP contribution in [0.25, 0.3) is 11.3 Å². The normalized spacial score (nSPS) is 10.2. The lowest BCUT2D eigenvalue weighted by Gasteiger charge is -1.97. The van der Waals surface area contributed by atoms with Crippen LogP contribution in [0.15, 0.2) is 34.9 Å². The minimum atomic E-state index is -0.629. The molecule has 0 N–H and O–H groups in total. The monoisotopic (exact) mass is 262 g/mol. The van der Waals surface area contributed by atoms with Crippen molar-refractivity contribution in [3.05, 3.63) is 46.1 Å². The Morgan fingerprint density at radius 1 is 1.47 bits per heavy atom. The summed E-state index contributed by atoms with van der Waals surface area (Å²) in [7, 11) is 0. The second-order valence-corrected chi connectivity index (χ2v) is 3.57. The summed E-state index contributed by atoms with van der Waals surface area (Å²) in [5.41, 5.74) is 0.125. The molecule has 0 amide bonds. The predicted molar refractivity (Wildman–Crippen MR) is 64.5 cm³/mol. The number of nitro benzene ring substituents is 1. The van der Waals surface area contributed by atoms with Gasteiger partial charge in [0.05, 0.1) is 17.1 Å². The fourth-order valence-electron chi connectivity index (χ4n) is 1.54. The van der Waals surface area contributed by atoms with E-state index in [4.69, 9.17) is 9.26 Å². The van der Waals surface area contributed by atoms with Crippen molar-refractivity contribution in [1.82, 2.24) is 5.16 Å². The van der Waals surface area contributed by atoms with Gasteiger partial charge in [-0.3, -0.25) is 10.1 Å². The Labute approximate surface area is 107 Å². The molecule has 19 heavy (non-hydrogen) atoms. The third kappa shape index (κ3) is 2.59. The third-order valence-electron chi connectivity index (χ3n) is 2.36. The molecule has 0 fully saturated rings. The number of nitrogens with zero attached hydrogens (tertiary/aromatic N) is 2. The Morgan fingerprint density at radius 2 is 2.21 bits per heavy atom. The highest BCUT2D eigenvalue weighted by atomic mass is 16.6. The molecule has 0 radical (unpaired) electrons. The van der Waals surface area contributed by atoms with Crippen molar-refractivity contribution in [2.75, 3.05) is 6.61 Å². The molecule has 0 aliphatic rings. The molecule has 0 spiro atoms. The molecular formula is C12H10N2O5. The van der Waals surface area contributed by atoms with Crippen molar-refractivity contribution in [3.8, 4) is 11.3 Å². The maximum absolute atomic E-state index is 11.4. The fourth-order valence-corrected chi connectivity index (χ4v) is 1.54. The Morgan fingerprint density at radius 3 is 2.89 bits per heavy atom. The summed E-state index contributed by atoms with van der Waals surface area (Å²) in [6.45, 7) is 1.88. The average Bonchev–Trinajstić information content (AvgIpc) is 2.88. The van der Waals surface area contributed by atoms with Gasteiger partial charge in [-0.15, -0.1) is 0 Å². The summed E-state index contributed by atoms with van der Waals surface area (Å²) in [6.07, 6.45) is 0. The number of hydrogen-bond acceptors (Lipinski definition) is 6. The van der Waals surface area contributed by atoms with Crippen LogP contribution < -0.4 is 0 Å². The van der Waals surface area contributed by atoms with Crippen LogP contribution in [-0.4, -0.2) is 22.7 Å². The molecule has 7 heteroatoms. The second kappa shape index (κ2) is 5.30. The lowest BCUT2D eigenvalue weighted by atomic mass is 10.1. The van der Waals surface area contributed by atoms with Crippen LogP contribution in [0.2, 0.25) is 0 Å². The van der Waals surface area contributed by atoms with Crippen molar-refractivity contribution in [3.63, 3.8) is 0 Å². The minimum absolute atomic E-state index is 0.0185. The molecule has 1 heterocycles. The summed E-state index contributed by atoms with van der Waals surface area (Å²) >= 11 is 0. The van der Waals surface area contributed by atoms with Gasteiger partial charge in [0, 0.05) is 12.1 Å². The van der Waals surface area contributed by atoms with E-state index in [1.807, 2.05) is 0 Å². The van der Waals surface area contributed by atoms with Gasteiger partial charge in [0.25, 0.3) is 5.69 Å². The van der Waals surface area contributed by atoms with Crippen molar-refractivity contribution in [1.29, 1.82) is 0 Å². The largest absolute Gasteiger partial charge is 0.461 e. The van der Waals surface area contributed by atoms with Gasteiger partial charge < -0.3 is 9.26 Å². The fraction of sp³-hybridized carbons (Fsp3) is 0.167. The number of ether oxygens (including phenoxy) is 1. The van der Waals surface area contributed by atoms with E-state index in [1.54, 1.807) is 19.1 Å². The number of benzene rings is 1. The topological polar surface area (TPSA) is 95.5 Å². The van der Waals surface area contributed by atoms with Gasteiger partial charge in [-0.1, -0.05) is 17.3 Å². The average molecular weight is 262 g/mol. The first-order chi connectivity index (χ1) is 9.13. The van der Waals surface area contributed by atoms with E-state index in [2.05, 4.69) is 5.16 Å². The molecule has 0 aliphatic heterocycles. The zero-order valence-electron chi connectivity index (χ0n) is 10.0. The van der Waals surface area contributed by atoms with Gasteiger partial charge in [0.2, 0.25) is 0 Å². The van der Waals surface area contributed by atoms with E-state index in [0.717, 1.165) is 0 Å². The Hall–Kier alpha value is -2.70. The van der Waals surface area contributed by atoms with E-state index in [0.29, 0.717) is 0 Å². The molecule has 1 aromatic carbocycles. The minimum Gasteiger partial charge on any atom is -0.461 e. The molecule has 1 aromatic heterocycles. The van der Waals surface area contributed by atoms with E-state index in [9.17, 15) is 14.9 Å². The van der Waals surface area contributed by atoms with Gasteiger partial charge in [0.1, 0.15) is 0 Å². The van der Waals surface area contributed by atoms with E-state index < -0.39 is 10.9 Å². The second-order valence-electron chi connectivity index (χ2n) is 3.57. The van der Waals surface area contributed by atoms with Gasteiger partial charge in [0.15, 0.2) is 11.5 Å². The summed E-state index contributed by atoms with van der Waals surface area (Å²) in [5.74, 6) is -0.480. The SMILES string of the molecule is CCOC(=O)c1cc(-c2ccccc2[N+](=O)[O-])on1. The van der Waals surface area contributed by atoms with Crippen molar-refractivity contribution < 1.29 is 19.0 Å². The maximum Gasteiger partial charge on any atom is 0.360 e. The summed E-state index contributed by atoms with van der Waals surface area (Å²) in [6, 6.07) is 7.37. The number of nitro groups is 1. The number of rotatable bonds is 4. The molecular weight excluding hydrogens is 252 g/mol. The molecule has 0 unspecified atom stereocenters. The third-order valence-corrected chi connectivity index (χ3v) is 2.36. The van der Waals surface area contributed by atoms with Crippen molar-refractivity contribution in [2.45, 2.75) is 6.92 Å². The lowest BCUT2D eigenvalue weighted by molar-refractivity contribution is -0.384. The summed E-state index contributed by atoms with van der Waals surface area (Å²) in [4.78, 5) is 21.8. The Kier molecular flexibility index (Phi) is 3.56. The number of esters is 1. The predicted octanol–water partition coefficient (Wildman–Crippen LogP) is 2.43. The number of para-hydroxylation sites is 1. The van der Waals surface area contributed by atoms with Gasteiger partial charge >= 0.3 is 5.97 Å². The Bertz CT molecular complexity index is 620. The number of aromatic nitrogens is 1. The van der Waals surface area contributed by atoms with Gasteiger partial charge in [-0.25, -0.2) is 4.79 Å². The molecule has 0 aliphatic carbocycles. The van der Waals surface area contributed by atoms with E-state index in [1.165, 1.54) is 18.2 Å². The standard InChI is InChI=1S/C12H10N2O5/c1-2-18-12(15)9-7-11(19-13-9)8-5-3-4-6-10(8)14(16)17/h3-7H,2H2,1H3. The smallest absolute Gasteiger partial charge is 0.360 e. The van der Waals surface area contributed by atoms with Crippen molar-refractivity contribution in [2.24, 2.45) is 0 Å². The number of carbonyl (C=O) groups is 1. The lowest BCUT2D eigenvalue weighted by Crippen LogP contribution is -2.04. The molecule has 0 saturated carbocycles. The summed E-state index contributed by atoms with van der Waals surface area (Å²) in [5, 5.41) is 14.4. The van der Waals surface area contributed by atoms with Crippen LogP contribution in [0.4, 0.5) is 5.69 Å². The first-order valence-corrected chi connectivity index (χ1v) is 5.51. The molecule has 0 atom stereocenters. The molecule has 2 aromatic rings. The van der Waals surface area contributed by atoms with Crippen LogP contribution in [0.3, 0.4) is 0 Å². The Balaban J connectivity index is 2.38. The van der Waals surface area contributed by atoms with Crippen LogP contribution in [0.5, 0.6) is 0 Å². The van der Waals surface area contributed by atoms with Crippen LogP contribution in [0.1, 0.15) is 17.4 Å². The van der Waals surface area contributed by atoms with Crippen LogP contribution >= 0.6 is 0 Å². The van der Waals surface area contributed by atoms with Crippen molar-refractivity contribution >= 4 is 11.7 Å². The highest BCUT2D eigenvalue weighted by Crippen LogP contribution is 2.29. The molecule has 98 valence electrons. The van der Waals surface area contributed by atoms with E-state index in [-0.39, 0.29) is 29.3 Å². The molecule has 2 rings (SSSR count). The van der Waals surface area contributed by atoms with Gasteiger partial charge in [-0.05, 0) is 13.0 Å². The number of carbonyl (C=O) groups excluding carboxylic acids is 1. The first kappa shape index (κ1) is 12.7. The zero-order valence-corrected chi connectivity index (χ0v) is 10.0. The van der Waals surface area contributed by atoms with Gasteiger partial charge in [-0.2, -0.15) is 0 Å². The zero-order chi connectivity index (χ0) is 13.8. The molecule has 0 bridgehead atoms. The molecule has 7 nitrogen and oxygen atoms in total. The summed E-state index contributed by atoms with van der Waals surface area (Å²) < 4.78 is 9.71. The highest BCUT2D eigenvalue weighted by Gasteiger charge is 2.20. The van der Waals surface area contributed by atoms with E-state index >= 15 is 0 Å². The first-order valence-electron chi connectivity index (χ1n) is 5.51. The maximum atomic E-state index is 11.4. The quantitative estimate of drug-likeness (QED) is 0.477. The molecule has 0 saturated heterocycles.